The third kappa shape index (κ3) is 4.14. The van der Waals surface area contributed by atoms with Crippen LogP contribution in [-0.4, -0.2) is 27.3 Å². The molecule has 0 bridgehead atoms. The molecule has 0 aliphatic carbocycles. The fourth-order valence-corrected chi connectivity index (χ4v) is 3.94. The van der Waals surface area contributed by atoms with Crippen LogP contribution in [0.2, 0.25) is 0 Å². The molecule has 2 amide bonds. The lowest BCUT2D eigenvalue weighted by molar-refractivity contribution is -0.119. The van der Waals surface area contributed by atoms with E-state index in [1.807, 2.05) is 54.2 Å². The van der Waals surface area contributed by atoms with E-state index in [1.54, 1.807) is 12.1 Å². The zero-order valence-electron chi connectivity index (χ0n) is 14.4. The number of thiophene rings is 1. The van der Waals surface area contributed by atoms with E-state index in [2.05, 4.69) is 16.0 Å². The number of hydrogen-bond acceptors (Lipinski definition) is 5. The van der Waals surface area contributed by atoms with Crippen molar-refractivity contribution in [2.24, 2.45) is 0 Å². The second-order valence-electron chi connectivity index (χ2n) is 5.52. The minimum Gasteiger partial charge on any atom is -0.272 e. The Hall–Kier alpha value is -2.58. The van der Waals surface area contributed by atoms with Crippen LogP contribution >= 0.6 is 23.1 Å². The van der Waals surface area contributed by atoms with Gasteiger partial charge in [0.2, 0.25) is 5.91 Å². The fraction of sp³-hybridized carbons (Fsp3) is 0.167. The summed E-state index contributed by atoms with van der Waals surface area (Å²) in [6.07, 6.45) is 0. The highest BCUT2D eigenvalue weighted by Gasteiger charge is 2.15. The van der Waals surface area contributed by atoms with Gasteiger partial charge in [0.05, 0.1) is 32.6 Å². The molecule has 2 aromatic heterocycles. The van der Waals surface area contributed by atoms with Gasteiger partial charge in [0.25, 0.3) is 5.91 Å². The number of thioether (sulfide) groups is 1. The Morgan fingerprint density at radius 1 is 1.12 bits per heavy atom. The quantitative estimate of drug-likeness (QED) is 0.522. The summed E-state index contributed by atoms with van der Waals surface area (Å²) in [6, 6.07) is 13.3. The lowest BCUT2D eigenvalue weighted by atomic mass is 10.3. The SMILES string of the molecule is Cc1nn(-c2ccccc2)c(C)c1SCC(=O)NNC(=O)c1cccs1. The summed E-state index contributed by atoms with van der Waals surface area (Å²) in [5.41, 5.74) is 7.69. The summed E-state index contributed by atoms with van der Waals surface area (Å²) in [4.78, 5) is 25.4. The Labute approximate surface area is 159 Å². The van der Waals surface area contributed by atoms with Crippen molar-refractivity contribution < 1.29 is 9.59 Å². The van der Waals surface area contributed by atoms with Gasteiger partial charge >= 0.3 is 0 Å². The predicted octanol–water partition coefficient (Wildman–Crippen LogP) is 3.10. The molecule has 0 atom stereocenters. The Morgan fingerprint density at radius 2 is 1.88 bits per heavy atom. The van der Waals surface area contributed by atoms with Crippen LogP contribution in [0.25, 0.3) is 5.69 Å². The van der Waals surface area contributed by atoms with E-state index in [4.69, 9.17) is 0 Å². The molecule has 0 unspecified atom stereocenters. The normalized spacial score (nSPS) is 10.5. The topological polar surface area (TPSA) is 76.0 Å². The first-order valence-electron chi connectivity index (χ1n) is 7.93. The number of nitrogens with one attached hydrogen (secondary N) is 2. The number of nitrogens with zero attached hydrogens (tertiary/aromatic N) is 2. The van der Waals surface area contributed by atoms with Crippen LogP contribution in [0.4, 0.5) is 0 Å². The molecule has 0 saturated heterocycles. The molecule has 2 heterocycles. The van der Waals surface area contributed by atoms with Crippen LogP contribution in [0.5, 0.6) is 0 Å². The van der Waals surface area contributed by atoms with Gasteiger partial charge in [-0.15, -0.1) is 23.1 Å². The molecule has 0 spiro atoms. The Balaban J connectivity index is 1.58. The van der Waals surface area contributed by atoms with Crippen LogP contribution in [0, 0.1) is 13.8 Å². The van der Waals surface area contributed by atoms with Gasteiger partial charge in [0.15, 0.2) is 0 Å². The maximum Gasteiger partial charge on any atom is 0.279 e. The fourth-order valence-electron chi connectivity index (χ4n) is 2.43. The molecular formula is C18H18N4O2S2. The van der Waals surface area contributed by atoms with Crippen molar-refractivity contribution in [3.05, 3.63) is 64.1 Å². The molecule has 3 rings (SSSR count). The molecule has 3 aromatic rings. The Kier molecular flexibility index (Phi) is 5.75. The second kappa shape index (κ2) is 8.20. The number of aryl methyl sites for hydroxylation is 1. The van der Waals surface area contributed by atoms with E-state index in [0.29, 0.717) is 4.88 Å². The van der Waals surface area contributed by atoms with E-state index in [9.17, 15) is 9.59 Å². The van der Waals surface area contributed by atoms with Crippen LogP contribution in [0.15, 0.2) is 52.7 Å². The van der Waals surface area contributed by atoms with E-state index in [0.717, 1.165) is 22.0 Å². The van der Waals surface area contributed by atoms with Gasteiger partial charge in [-0.05, 0) is 37.4 Å². The average Bonchev–Trinajstić information content (AvgIpc) is 3.28. The minimum atomic E-state index is -0.317. The summed E-state index contributed by atoms with van der Waals surface area (Å²) in [5, 5.41) is 6.37. The number of para-hydroxylation sites is 1. The highest BCUT2D eigenvalue weighted by atomic mass is 32.2. The summed E-state index contributed by atoms with van der Waals surface area (Å²) >= 11 is 2.72. The molecule has 6 nitrogen and oxygen atoms in total. The van der Waals surface area contributed by atoms with Crippen LogP contribution in [0.3, 0.4) is 0 Å². The zero-order valence-corrected chi connectivity index (χ0v) is 16.0. The van der Waals surface area contributed by atoms with Gasteiger partial charge in [0, 0.05) is 0 Å². The van der Waals surface area contributed by atoms with Crippen molar-refractivity contribution >= 4 is 34.9 Å². The molecule has 26 heavy (non-hydrogen) atoms. The number of amides is 2. The van der Waals surface area contributed by atoms with Gasteiger partial charge in [-0.1, -0.05) is 24.3 Å². The minimum absolute atomic E-state index is 0.187. The molecule has 0 aliphatic rings. The Bertz CT molecular complexity index is 905. The number of hydrazine groups is 1. The number of hydrogen-bond donors (Lipinski definition) is 2. The van der Waals surface area contributed by atoms with Gasteiger partial charge in [-0.3, -0.25) is 20.4 Å². The van der Waals surface area contributed by atoms with Crippen molar-refractivity contribution in [2.45, 2.75) is 18.7 Å². The molecule has 0 aliphatic heterocycles. The molecule has 8 heteroatoms. The number of benzene rings is 1. The lowest BCUT2D eigenvalue weighted by Crippen LogP contribution is -2.42. The zero-order chi connectivity index (χ0) is 18.5. The summed E-state index contributed by atoms with van der Waals surface area (Å²) in [6.45, 7) is 3.90. The van der Waals surface area contributed by atoms with Crippen molar-refractivity contribution in [2.75, 3.05) is 5.75 Å². The third-order valence-corrected chi connectivity index (χ3v) is 5.79. The second-order valence-corrected chi connectivity index (χ2v) is 7.45. The number of carbonyl (C=O) groups excluding carboxylic acids is 2. The third-order valence-electron chi connectivity index (χ3n) is 3.63. The molecule has 1 aromatic carbocycles. The highest BCUT2D eigenvalue weighted by molar-refractivity contribution is 8.00. The lowest BCUT2D eigenvalue weighted by Gasteiger charge is -2.07. The van der Waals surface area contributed by atoms with Crippen molar-refractivity contribution in [3.8, 4) is 5.69 Å². The summed E-state index contributed by atoms with van der Waals surface area (Å²) in [7, 11) is 0. The molecular weight excluding hydrogens is 368 g/mol. The predicted molar refractivity (Wildman–Crippen MR) is 104 cm³/mol. The van der Waals surface area contributed by atoms with E-state index >= 15 is 0 Å². The molecule has 0 radical (unpaired) electrons. The Morgan fingerprint density at radius 3 is 2.58 bits per heavy atom. The summed E-state index contributed by atoms with van der Waals surface area (Å²) < 4.78 is 1.87. The summed E-state index contributed by atoms with van der Waals surface area (Å²) in [5.74, 6) is -0.402. The van der Waals surface area contributed by atoms with Gasteiger partial charge in [0.1, 0.15) is 0 Å². The first kappa shape index (κ1) is 18.2. The van der Waals surface area contributed by atoms with Crippen molar-refractivity contribution in [3.63, 3.8) is 0 Å². The van der Waals surface area contributed by atoms with Crippen molar-refractivity contribution in [1.82, 2.24) is 20.6 Å². The largest absolute Gasteiger partial charge is 0.279 e. The molecule has 0 saturated carbocycles. The smallest absolute Gasteiger partial charge is 0.272 e. The van der Waals surface area contributed by atoms with Crippen molar-refractivity contribution in [1.29, 1.82) is 0 Å². The first-order chi connectivity index (χ1) is 12.6. The molecule has 134 valence electrons. The number of rotatable bonds is 5. The average molecular weight is 387 g/mol. The number of carbonyl (C=O) groups is 2. The van der Waals surface area contributed by atoms with E-state index in [1.165, 1.54) is 23.1 Å². The van der Waals surface area contributed by atoms with E-state index in [-0.39, 0.29) is 17.6 Å². The maximum atomic E-state index is 12.0. The monoisotopic (exact) mass is 386 g/mol. The van der Waals surface area contributed by atoms with Gasteiger partial charge < -0.3 is 0 Å². The first-order valence-corrected chi connectivity index (χ1v) is 9.80. The van der Waals surface area contributed by atoms with Crippen LogP contribution in [0.1, 0.15) is 21.1 Å². The maximum absolute atomic E-state index is 12.0. The highest BCUT2D eigenvalue weighted by Crippen LogP contribution is 2.27. The van der Waals surface area contributed by atoms with Gasteiger partial charge in [-0.25, -0.2) is 4.68 Å². The van der Waals surface area contributed by atoms with E-state index < -0.39 is 0 Å². The number of aromatic nitrogens is 2. The molecule has 2 N–H and O–H groups in total. The van der Waals surface area contributed by atoms with Crippen LogP contribution < -0.4 is 10.9 Å². The van der Waals surface area contributed by atoms with Gasteiger partial charge in [-0.2, -0.15) is 5.10 Å². The van der Waals surface area contributed by atoms with Crippen LogP contribution in [-0.2, 0) is 4.79 Å². The molecule has 0 fully saturated rings. The standard InChI is InChI=1S/C18H18N4O2S2/c1-12-17(13(2)22(21-12)14-7-4-3-5-8-14)26-11-16(23)19-20-18(24)15-9-6-10-25-15/h3-10H,11H2,1-2H3,(H,19,23)(H,20,24).